The van der Waals surface area contributed by atoms with E-state index < -0.39 is 5.91 Å². The number of ether oxygens (including phenoxy) is 2. The molecule has 1 aliphatic heterocycles. The summed E-state index contributed by atoms with van der Waals surface area (Å²) in [6.45, 7) is 0.480. The number of nitrogens with one attached hydrogen (secondary N) is 2. The normalized spacial score (nSPS) is 14.2. The first-order valence-electron chi connectivity index (χ1n) is 10.9. The zero-order valence-electron chi connectivity index (χ0n) is 19.4. The first-order valence-corrected chi connectivity index (χ1v) is 12.1. The molecule has 0 spiro atoms. The van der Waals surface area contributed by atoms with Crippen LogP contribution in [0, 0.1) is 0 Å². The zero-order valence-corrected chi connectivity index (χ0v) is 21.0. The minimum atomic E-state index is -0.406. The Kier molecular flexibility index (Phi) is 9.62. The Hall–Kier alpha value is -3.44. The number of hydrogen-bond acceptors (Lipinski definition) is 8. The van der Waals surface area contributed by atoms with Gasteiger partial charge in [-0.15, -0.1) is 0 Å². The Balaban J connectivity index is 1.40. The lowest BCUT2D eigenvalue weighted by Gasteiger charge is -2.14. The van der Waals surface area contributed by atoms with Crippen molar-refractivity contribution < 1.29 is 23.9 Å². The average molecular weight is 515 g/mol. The molecule has 0 saturated carbocycles. The van der Waals surface area contributed by atoms with Crippen molar-refractivity contribution in [3.05, 3.63) is 58.8 Å². The molecule has 3 amide bonds. The van der Waals surface area contributed by atoms with Gasteiger partial charge in [-0.25, -0.2) is 0 Å². The van der Waals surface area contributed by atoms with E-state index in [1.54, 1.807) is 49.5 Å². The van der Waals surface area contributed by atoms with Gasteiger partial charge in [0.1, 0.15) is 4.32 Å². The van der Waals surface area contributed by atoms with Crippen LogP contribution in [0.25, 0.3) is 6.08 Å². The van der Waals surface area contributed by atoms with Crippen LogP contribution in [-0.2, 0) is 9.59 Å². The van der Waals surface area contributed by atoms with E-state index in [9.17, 15) is 14.4 Å². The third-order valence-electron chi connectivity index (χ3n) is 5.12. The maximum atomic E-state index is 12.8. The molecule has 0 radical (unpaired) electrons. The highest BCUT2D eigenvalue weighted by molar-refractivity contribution is 8.26. The van der Waals surface area contributed by atoms with E-state index in [4.69, 9.17) is 21.7 Å². The van der Waals surface area contributed by atoms with Gasteiger partial charge < -0.3 is 9.47 Å². The predicted molar refractivity (Wildman–Crippen MR) is 138 cm³/mol. The third kappa shape index (κ3) is 7.27. The molecule has 2 aromatic rings. The molecule has 0 bridgehead atoms. The summed E-state index contributed by atoms with van der Waals surface area (Å²) in [5, 5.41) is 0. The van der Waals surface area contributed by atoms with Crippen LogP contribution in [-0.4, -0.2) is 52.7 Å². The molecule has 0 aliphatic carbocycles. The fourth-order valence-electron chi connectivity index (χ4n) is 3.28. The smallest absolute Gasteiger partial charge is 0.269 e. The second kappa shape index (κ2) is 12.9. The number of hydrazine groups is 1. The summed E-state index contributed by atoms with van der Waals surface area (Å²) in [4.78, 5) is 42.7. The number of amides is 3. The molecule has 3 rings (SSSR count). The highest BCUT2D eigenvalue weighted by Crippen LogP contribution is 2.34. The fourth-order valence-corrected chi connectivity index (χ4v) is 4.59. The van der Waals surface area contributed by atoms with Gasteiger partial charge in [0.2, 0.25) is 5.91 Å². The summed E-state index contributed by atoms with van der Waals surface area (Å²) in [6.07, 6.45) is 7.10. The Bertz CT molecular complexity index is 1120. The summed E-state index contributed by atoms with van der Waals surface area (Å²) in [5.41, 5.74) is 5.99. The van der Waals surface area contributed by atoms with Gasteiger partial charge in [0.25, 0.3) is 11.8 Å². The molecule has 1 aliphatic rings. The number of carbonyl (C=O) groups excluding carboxylic acids is 3. The summed E-state index contributed by atoms with van der Waals surface area (Å²) in [6, 6.07) is 8.54. The number of benzene rings is 1. The van der Waals surface area contributed by atoms with E-state index in [1.807, 2.05) is 6.07 Å². The Morgan fingerprint density at radius 1 is 1.06 bits per heavy atom. The number of rotatable bonds is 10. The number of unbranched alkanes of at least 4 members (excludes halogenated alkanes) is 2. The quantitative estimate of drug-likeness (QED) is 0.215. The molecule has 2 heterocycles. The van der Waals surface area contributed by atoms with Gasteiger partial charge >= 0.3 is 0 Å². The maximum Gasteiger partial charge on any atom is 0.269 e. The van der Waals surface area contributed by atoms with Gasteiger partial charge in [0.15, 0.2) is 11.5 Å². The first kappa shape index (κ1) is 26.2. The topological polar surface area (TPSA) is 110 Å². The van der Waals surface area contributed by atoms with Crippen LogP contribution >= 0.6 is 24.0 Å². The van der Waals surface area contributed by atoms with Crippen molar-refractivity contribution in [1.82, 2.24) is 20.7 Å². The third-order valence-corrected chi connectivity index (χ3v) is 6.50. The lowest BCUT2D eigenvalue weighted by atomic mass is 10.1. The number of thiocarbonyl (C=S) groups is 1. The minimum absolute atomic E-state index is 0.133. The van der Waals surface area contributed by atoms with Gasteiger partial charge in [-0.05, 0) is 48.7 Å². The molecule has 0 unspecified atom stereocenters. The van der Waals surface area contributed by atoms with Crippen molar-refractivity contribution in [2.45, 2.75) is 25.7 Å². The van der Waals surface area contributed by atoms with Crippen LogP contribution in [0.5, 0.6) is 11.5 Å². The van der Waals surface area contributed by atoms with E-state index in [1.165, 1.54) is 24.2 Å². The molecule has 35 heavy (non-hydrogen) atoms. The number of pyridine rings is 1. The van der Waals surface area contributed by atoms with E-state index in [-0.39, 0.29) is 18.2 Å². The Morgan fingerprint density at radius 2 is 1.80 bits per heavy atom. The maximum absolute atomic E-state index is 12.8. The molecular formula is C24H26N4O5S2. The number of nitrogens with zero attached hydrogens (tertiary/aromatic N) is 2. The van der Waals surface area contributed by atoms with Crippen LogP contribution in [0.1, 0.15) is 41.6 Å². The lowest BCUT2D eigenvalue weighted by Crippen LogP contribution is -2.41. The molecule has 184 valence electrons. The monoisotopic (exact) mass is 514 g/mol. The van der Waals surface area contributed by atoms with Gasteiger partial charge in [-0.3, -0.25) is 35.1 Å². The van der Waals surface area contributed by atoms with Gasteiger partial charge in [-0.1, -0.05) is 36.5 Å². The largest absolute Gasteiger partial charge is 0.493 e. The first-order chi connectivity index (χ1) is 16.9. The SMILES string of the molecule is COc1ccc(/C=C2\SC(=S)N(CCCCCC(=O)NNC(=O)c3ccncc3)C2=O)cc1OC. The number of carbonyl (C=O) groups is 3. The molecule has 1 fully saturated rings. The van der Waals surface area contributed by atoms with Crippen LogP contribution in [0.3, 0.4) is 0 Å². The molecular weight excluding hydrogens is 488 g/mol. The van der Waals surface area contributed by atoms with Crippen LogP contribution in [0.15, 0.2) is 47.6 Å². The van der Waals surface area contributed by atoms with Gasteiger partial charge in [0.05, 0.1) is 19.1 Å². The van der Waals surface area contributed by atoms with E-state index >= 15 is 0 Å². The Labute approximate surface area is 213 Å². The summed E-state index contributed by atoms with van der Waals surface area (Å²) >= 11 is 6.66. The molecule has 9 nitrogen and oxygen atoms in total. The fraction of sp³-hybridized carbons (Fsp3) is 0.292. The second-order valence-electron chi connectivity index (χ2n) is 7.50. The number of hydrogen-bond donors (Lipinski definition) is 2. The number of thioether (sulfide) groups is 1. The van der Waals surface area contributed by atoms with Crippen molar-refractivity contribution >= 4 is 52.1 Å². The van der Waals surface area contributed by atoms with Gasteiger partial charge in [0, 0.05) is 30.9 Å². The summed E-state index contributed by atoms with van der Waals surface area (Å²) in [5.74, 6) is 0.373. The van der Waals surface area contributed by atoms with E-state index in [0.29, 0.717) is 45.7 Å². The van der Waals surface area contributed by atoms with Crippen molar-refractivity contribution in [3.8, 4) is 11.5 Å². The summed E-state index contributed by atoms with van der Waals surface area (Å²) < 4.78 is 11.1. The van der Waals surface area contributed by atoms with Crippen molar-refractivity contribution in [2.24, 2.45) is 0 Å². The predicted octanol–water partition coefficient (Wildman–Crippen LogP) is 3.32. The van der Waals surface area contributed by atoms with Crippen LogP contribution in [0.2, 0.25) is 0 Å². The van der Waals surface area contributed by atoms with Crippen molar-refractivity contribution in [2.75, 3.05) is 20.8 Å². The van der Waals surface area contributed by atoms with Crippen molar-refractivity contribution in [1.29, 1.82) is 0 Å². The molecule has 1 aromatic carbocycles. The zero-order chi connectivity index (χ0) is 25.2. The highest BCUT2D eigenvalue weighted by atomic mass is 32.2. The highest BCUT2D eigenvalue weighted by Gasteiger charge is 2.31. The minimum Gasteiger partial charge on any atom is -0.493 e. The van der Waals surface area contributed by atoms with Gasteiger partial charge in [-0.2, -0.15) is 0 Å². The Morgan fingerprint density at radius 3 is 2.51 bits per heavy atom. The van der Waals surface area contributed by atoms with E-state index in [2.05, 4.69) is 15.8 Å². The second-order valence-corrected chi connectivity index (χ2v) is 9.17. The molecule has 2 N–H and O–H groups in total. The average Bonchev–Trinajstić information content (AvgIpc) is 3.14. The standard InChI is InChI=1S/C24H26N4O5S2/c1-32-18-8-7-16(14-19(18)33-2)15-20-23(31)28(24(34)35-20)13-5-3-4-6-21(29)26-27-22(30)17-9-11-25-12-10-17/h7-12,14-15H,3-6,13H2,1-2H3,(H,26,29)(H,27,30)/b20-15-. The molecule has 11 heteroatoms. The lowest BCUT2D eigenvalue weighted by molar-refractivity contribution is -0.123. The number of methoxy groups -OCH3 is 2. The molecule has 1 aromatic heterocycles. The van der Waals surface area contributed by atoms with E-state index in [0.717, 1.165) is 12.0 Å². The van der Waals surface area contributed by atoms with Crippen molar-refractivity contribution in [3.63, 3.8) is 0 Å². The van der Waals surface area contributed by atoms with Crippen LogP contribution in [0.4, 0.5) is 0 Å². The summed E-state index contributed by atoms with van der Waals surface area (Å²) in [7, 11) is 3.13. The molecule has 0 atom stereocenters. The molecule has 1 saturated heterocycles. The van der Waals surface area contributed by atoms with Crippen LogP contribution < -0.4 is 20.3 Å². The number of aromatic nitrogens is 1.